The topological polar surface area (TPSA) is 175 Å². The molecule has 0 atom stereocenters. The van der Waals surface area contributed by atoms with Gasteiger partial charge in [0, 0.05) is 65.7 Å². The van der Waals surface area contributed by atoms with E-state index in [-0.39, 0.29) is 46.3 Å². The molecule has 3 aliphatic rings. The van der Waals surface area contributed by atoms with Crippen LogP contribution < -0.4 is 15.6 Å². The predicted molar refractivity (Wildman–Crippen MR) is 201 cm³/mol. The van der Waals surface area contributed by atoms with Crippen LogP contribution in [0.2, 0.25) is 0 Å². The number of anilines is 2. The van der Waals surface area contributed by atoms with Gasteiger partial charge in [0.1, 0.15) is 17.1 Å². The SMILES string of the molecule is C=CC(=O)N(C)C(=C)C.O=C(CCCc1ccc(N2C(=O)C=CC2=O)cc1)Nc1ccc(-c2c3ccc(=O)cc-3oc3cc(O)ccc23)c(C(=O)O)c1. The number of likely N-dealkylation sites (N-methyl/N-ethyl adjacent to an activating group) is 1. The number of aryl methyl sites for hydroxylation is 1. The number of hydrogen-bond acceptors (Lipinski definition) is 8. The number of carboxylic acids is 1. The van der Waals surface area contributed by atoms with Crippen molar-refractivity contribution in [3.63, 3.8) is 0 Å². The third-order valence-electron chi connectivity index (χ3n) is 8.43. The Balaban J connectivity index is 0.000000534. The molecule has 4 amide bonds. The van der Waals surface area contributed by atoms with Crippen molar-refractivity contribution in [2.24, 2.45) is 0 Å². The molecule has 0 spiro atoms. The molecule has 0 fully saturated rings. The van der Waals surface area contributed by atoms with Gasteiger partial charge in [0.2, 0.25) is 11.8 Å². The molecule has 0 aromatic heterocycles. The summed E-state index contributed by atoms with van der Waals surface area (Å²) in [5, 5.41) is 23.4. The van der Waals surface area contributed by atoms with E-state index in [4.69, 9.17) is 4.42 Å². The minimum absolute atomic E-state index is 0.0500. The van der Waals surface area contributed by atoms with Crippen LogP contribution in [0.4, 0.5) is 11.4 Å². The number of nitrogens with one attached hydrogen (secondary N) is 1. The molecule has 6 rings (SSSR count). The molecule has 53 heavy (non-hydrogen) atoms. The Morgan fingerprint density at radius 3 is 2.21 bits per heavy atom. The third-order valence-corrected chi connectivity index (χ3v) is 8.43. The van der Waals surface area contributed by atoms with E-state index in [9.17, 15) is 39.0 Å². The lowest BCUT2D eigenvalue weighted by Gasteiger charge is -2.17. The fraction of sp³-hybridized carbons (Fsp3) is 0.122. The number of carbonyl (C=O) groups excluding carboxylic acids is 4. The van der Waals surface area contributed by atoms with Gasteiger partial charge in [-0.05, 0) is 85.5 Å². The van der Waals surface area contributed by atoms with Gasteiger partial charge in [-0.25, -0.2) is 9.69 Å². The first kappa shape index (κ1) is 37.2. The number of nitrogens with zero attached hydrogens (tertiary/aromatic N) is 2. The van der Waals surface area contributed by atoms with Crippen LogP contribution in [0.1, 0.15) is 35.7 Å². The van der Waals surface area contributed by atoms with Crippen LogP contribution in [-0.2, 0) is 25.6 Å². The second-order valence-corrected chi connectivity index (χ2v) is 12.1. The first-order chi connectivity index (χ1) is 25.3. The fourth-order valence-electron chi connectivity index (χ4n) is 5.63. The molecule has 12 heteroatoms. The van der Waals surface area contributed by atoms with Crippen molar-refractivity contribution in [2.45, 2.75) is 26.2 Å². The normalized spacial score (nSPS) is 12.0. The molecule has 1 aliphatic carbocycles. The van der Waals surface area contributed by atoms with Gasteiger partial charge in [-0.2, -0.15) is 0 Å². The lowest BCUT2D eigenvalue weighted by atomic mass is 9.90. The zero-order valence-corrected chi connectivity index (χ0v) is 28.9. The Labute approximate surface area is 303 Å². The largest absolute Gasteiger partial charge is 0.508 e. The monoisotopic (exact) mass is 713 g/mol. The first-order valence-corrected chi connectivity index (χ1v) is 16.3. The number of amides is 4. The van der Waals surface area contributed by atoms with Gasteiger partial charge in [0.15, 0.2) is 5.43 Å². The lowest BCUT2D eigenvalue weighted by molar-refractivity contribution is -0.123. The molecule has 3 aromatic carbocycles. The van der Waals surface area contributed by atoms with Crippen LogP contribution in [0, 0.1) is 0 Å². The summed E-state index contributed by atoms with van der Waals surface area (Å²) in [5.41, 5.74) is 3.74. The average Bonchev–Trinajstić information content (AvgIpc) is 3.47. The summed E-state index contributed by atoms with van der Waals surface area (Å²) in [6, 6.07) is 20.3. The minimum Gasteiger partial charge on any atom is -0.508 e. The fourth-order valence-corrected chi connectivity index (χ4v) is 5.63. The van der Waals surface area contributed by atoms with Crippen molar-refractivity contribution in [3.8, 4) is 28.2 Å². The van der Waals surface area contributed by atoms with Crippen LogP contribution >= 0.6 is 0 Å². The van der Waals surface area contributed by atoms with Gasteiger partial charge < -0.3 is 24.8 Å². The molecule has 2 heterocycles. The number of carboxylic acid groups (broad SMARTS) is 1. The molecule has 12 nitrogen and oxygen atoms in total. The molecule has 0 bridgehead atoms. The summed E-state index contributed by atoms with van der Waals surface area (Å²) in [6.07, 6.45) is 4.97. The molecule has 3 aromatic rings. The summed E-state index contributed by atoms with van der Waals surface area (Å²) >= 11 is 0. The molecule has 2 aliphatic heterocycles. The highest BCUT2D eigenvalue weighted by Gasteiger charge is 2.25. The molecule has 0 radical (unpaired) electrons. The van der Waals surface area contributed by atoms with Gasteiger partial charge in [-0.1, -0.05) is 31.4 Å². The Morgan fingerprint density at radius 2 is 1.58 bits per heavy atom. The summed E-state index contributed by atoms with van der Waals surface area (Å²) in [4.78, 5) is 74.1. The van der Waals surface area contributed by atoms with E-state index in [0.29, 0.717) is 46.3 Å². The van der Waals surface area contributed by atoms with Crippen LogP contribution in [0.3, 0.4) is 0 Å². The van der Waals surface area contributed by atoms with Crippen molar-refractivity contribution in [1.29, 1.82) is 0 Å². The van der Waals surface area contributed by atoms with E-state index >= 15 is 0 Å². The van der Waals surface area contributed by atoms with Gasteiger partial charge in [0.25, 0.3) is 11.8 Å². The summed E-state index contributed by atoms with van der Waals surface area (Å²) in [5.74, 6) is -2.22. The van der Waals surface area contributed by atoms with Gasteiger partial charge in [-0.15, -0.1) is 0 Å². The zero-order valence-electron chi connectivity index (χ0n) is 28.9. The second-order valence-electron chi connectivity index (χ2n) is 12.1. The maximum atomic E-state index is 12.7. The lowest BCUT2D eigenvalue weighted by Crippen LogP contribution is -2.29. The maximum absolute atomic E-state index is 12.7. The summed E-state index contributed by atoms with van der Waals surface area (Å²) < 4.78 is 5.86. The van der Waals surface area contributed by atoms with Crippen LogP contribution in [-0.4, -0.2) is 51.8 Å². The number of fused-ring (bicyclic) bond motifs is 2. The number of carbonyl (C=O) groups is 5. The number of hydrogen-bond donors (Lipinski definition) is 3. The maximum Gasteiger partial charge on any atom is 0.336 e. The first-order valence-electron chi connectivity index (χ1n) is 16.3. The van der Waals surface area contributed by atoms with Crippen molar-refractivity contribution in [2.75, 3.05) is 17.3 Å². The van der Waals surface area contributed by atoms with E-state index in [1.165, 1.54) is 53.5 Å². The third kappa shape index (κ3) is 8.46. The minimum atomic E-state index is -1.21. The highest BCUT2D eigenvalue weighted by atomic mass is 16.4. The smallest absolute Gasteiger partial charge is 0.336 e. The van der Waals surface area contributed by atoms with Crippen LogP contribution in [0.15, 0.2) is 125 Å². The number of benzene rings is 4. The Kier molecular flexibility index (Phi) is 11.1. The van der Waals surface area contributed by atoms with E-state index in [0.717, 1.165) is 16.2 Å². The number of aromatic hydroxyl groups is 1. The number of phenols is 1. The molecule has 268 valence electrons. The predicted octanol–water partition coefficient (Wildman–Crippen LogP) is 6.52. The van der Waals surface area contributed by atoms with Crippen LogP contribution in [0.5, 0.6) is 5.75 Å². The standard InChI is InChI=1S/C34H24N2O8.C7H11NO/c37-22-9-12-25-28(17-22)44-29-18-23(38)10-13-26(29)33(25)24-11-6-20(16-27(24)34(42)43)35-30(39)3-1-2-19-4-7-21(8-5-19)36-31(40)14-15-32(36)41;1-5-7(9)8(4)6(2)3/h4-18,37H,1-3H2,(H,35,39)(H,42,43);5H,1-2H2,3-4H3. The van der Waals surface area contributed by atoms with E-state index in [2.05, 4.69) is 18.5 Å². The van der Waals surface area contributed by atoms with E-state index < -0.39 is 17.8 Å². The van der Waals surface area contributed by atoms with Crippen molar-refractivity contribution in [1.82, 2.24) is 4.90 Å². The highest BCUT2D eigenvalue weighted by Crippen LogP contribution is 2.42. The zero-order chi connectivity index (χ0) is 38.4. The van der Waals surface area contributed by atoms with E-state index in [1.807, 2.05) is 0 Å². The quantitative estimate of drug-likeness (QED) is 0.0827. The second kappa shape index (κ2) is 15.9. The number of allylic oxidation sites excluding steroid dienone is 1. The van der Waals surface area contributed by atoms with E-state index in [1.54, 1.807) is 62.5 Å². The molecule has 0 saturated carbocycles. The van der Waals surface area contributed by atoms with Gasteiger partial charge in [-0.3, -0.25) is 24.0 Å². The molecule has 3 N–H and O–H groups in total. The van der Waals surface area contributed by atoms with Gasteiger partial charge in [0.05, 0.1) is 11.3 Å². The number of phenolic OH excluding ortho intramolecular Hbond substituents is 1. The summed E-state index contributed by atoms with van der Waals surface area (Å²) in [7, 11) is 1.66. The Morgan fingerprint density at radius 1 is 0.906 bits per heavy atom. The molecular weight excluding hydrogens is 678 g/mol. The van der Waals surface area contributed by atoms with Crippen LogP contribution in [0.25, 0.3) is 33.4 Å². The summed E-state index contributed by atoms with van der Waals surface area (Å²) in [6.45, 7) is 8.68. The molecule has 0 saturated heterocycles. The van der Waals surface area contributed by atoms with Crippen molar-refractivity contribution in [3.05, 3.63) is 137 Å². The Hall–Kier alpha value is -7.08. The van der Waals surface area contributed by atoms with Crippen molar-refractivity contribution >= 4 is 51.9 Å². The molecule has 0 unspecified atom stereocenters. The highest BCUT2D eigenvalue weighted by molar-refractivity contribution is 6.28. The number of imide groups is 1. The molecular formula is C41H35N3O9. The van der Waals surface area contributed by atoms with Crippen molar-refractivity contribution < 1.29 is 38.6 Å². The number of rotatable bonds is 10. The van der Waals surface area contributed by atoms with Gasteiger partial charge >= 0.3 is 5.97 Å². The Bertz CT molecular complexity index is 2340. The number of aromatic carboxylic acids is 1. The average molecular weight is 714 g/mol.